The van der Waals surface area contributed by atoms with E-state index >= 15 is 0 Å². The van der Waals surface area contributed by atoms with Crippen LogP contribution in [0.15, 0.2) is 48.5 Å². The highest BCUT2D eigenvalue weighted by atomic mass is 35.5. The molecule has 0 radical (unpaired) electrons. The molecule has 2 aromatic carbocycles. The summed E-state index contributed by atoms with van der Waals surface area (Å²) < 4.78 is 18.5. The number of benzene rings is 2. The van der Waals surface area contributed by atoms with E-state index in [2.05, 4.69) is 0 Å². The minimum atomic E-state index is -0.983. The smallest absolute Gasteiger partial charge is 0.314 e. The van der Waals surface area contributed by atoms with Crippen LogP contribution in [0.4, 0.5) is 4.39 Å². The zero-order valence-electron chi connectivity index (χ0n) is 14.5. The van der Waals surface area contributed by atoms with Gasteiger partial charge in [-0.05, 0) is 30.5 Å². The van der Waals surface area contributed by atoms with E-state index in [1.165, 1.54) is 18.2 Å². The van der Waals surface area contributed by atoms with E-state index in [1.807, 2.05) is 30.3 Å². The first kappa shape index (κ1) is 19.2. The van der Waals surface area contributed by atoms with Crippen LogP contribution < -0.4 is 4.74 Å². The van der Waals surface area contributed by atoms with Crippen LogP contribution in [0.1, 0.15) is 18.4 Å². The molecule has 2 aromatic rings. The number of hydrogen-bond donors (Lipinski definition) is 1. The maximum Gasteiger partial charge on any atom is 0.314 e. The molecule has 1 N–H and O–H groups in total. The third kappa shape index (κ3) is 4.06. The van der Waals surface area contributed by atoms with Gasteiger partial charge in [0, 0.05) is 19.2 Å². The lowest BCUT2D eigenvalue weighted by molar-refractivity contribution is -0.148. The standard InChI is InChI=1S/C20H19ClFNO4/c21-16-12-15(6-7-17(16)22)27-13-18(24)23-10-8-20(9-11-23,19(25)26)14-4-2-1-3-5-14/h1-7,12H,8-11,13H2,(H,25,26). The van der Waals surface area contributed by atoms with Gasteiger partial charge in [-0.1, -0.05) is 41.9 Å². The van der Waals surface area contributed by atoms with Crippen LogP contribution in [0, 0.1) is 5.82 Å². The number of carboxylic acid groups (broad SMARTS) is 1. The number of hydrogen-bond acceptors (Lipinski definition) is 3. The zero-order chi connectivity index (χ0) is 19.4. The van der Waals surface area contributed by atoms with Crippen LogP contribution in [0.2, 0.25) is 5.02 Å². The van der Waals surface area contributed by atoms with E-state index in [1.54, 1.807) is 4.90 Å². The van der Waals surface area contributed by atoms with Gasteiger partial charge in [0.05, 0.1) is 10.4 Å². The number of likely N-dealkylation sites (tertiary alicyclic amines) is 1. The Morgan fingerprint density at radius 2 is 1.81 bits per heavy atom. The van der Waals surface area contributed by atoms with E-state index in [0.717, 1.165) is 5.56 Å². The summed E-state index contributed by atoms with van der Waals surface area (Å²) in [4.78, 5) is 25.9. The number of aliphatic carboxylic acids is 1. The summed E-state index contributed by atoms with van der Waals surface area (Å²) in [6.07, 6.45) is 0.668. The quantitative estimate of drug-likeness (QED) is 0.847. The maximum absolute atomic E-state index is 13.2. The summed E-state index contributed by atoms with van der Waals surface area (Å²) in [5.41, 5.74) is -0.231. The first-order valence-electron chi connectivity index (χ1n) is 8.57. The molecule has 1 aliphatic heterocycles. The molecule has 5 nitrogen and oxygen atoms in total. The number of ether oxygens (including phenoxy) is 1. The number of halogens is 2. The van der Waals surface area contributed by atoms with Gasteiger partial charge >= 0.3 is 5.97 Å². The fraction of sp³-hybridized carbons (Fsp3) is 0.300. The molecule has 1 amide bonds. The topological polar surface area (TPSA) is 66.8 Å². The second-order valence-corrected chi connectivity index (χ2v) is 6.91. The van der Waals surface area contributed by atoms with Gasteiger partial charge in [-0.25, -0.2) is 4.39 Å². The van der Waals surface area contributed by atoms with Crippen LogP contribution in [-0.2, 0) is 15.0 Å². The zero-order valence-corrected chi connectivity index (χ0v) is 15.3. The molecule has 0 aromatic heterocycles. The molecule has 1 heterocycles. The Labute approximate surface area is 161 Å². The van der Waals surface area contributed by atoms with Gasteiger partial charge < -0.3 is 14.7 Å². The third-order valence-corrected chi connectivity index (χ3v) is 5.25. The highest BCUT2D eigenvalue weighted by Gasteiger charge is 2.43. The van der Waals surface area contributed by atoms with Crippen LogP contribution in [0.25, 0.3) is 0 Å². The Kier molecular flexibility index (Phi) is 5.65. The molecule has 1 saturated heterocycles. The lowest BCUT2D eigenvalue weighted by Gasteiger charge is -2.39. The maximum atomic E-state index is 13.2. The lowest BCUT2D eigenvalue weighted by Crippen LogP contribution is -2.50. The number of carbonyl (C=O) groups excluding carboxylic acids is 1. The van der Waals surface area contributed by atoms with Crippen molar-refractivity contribution in [1.29, 1.82) is 0 Å². The average molecular weight is 392 g/mol. The molecule has 3 rings (SSSR count). The highest BCUT2D eigenvalue weighted by molar-refractivity contribution is 6.30. The Hall–Kier alpha value is -2.60. The predicted octanol–water partition coefficient (Wildman–Crippen LogP) is 3.50. The molecule has 0 spiro atoms. The summed E-state index contributed by atoms with van der Waals surface area (Å²) >= 11 is 5.69. The Balaban J connectivity index is 1.61. The number of carbonyl (C=O) groups is 2. The summed E-state index contributed by atoms with van der Waals surface area (Å²) in [5, 5.41) is 9.72. The summed E-state index contributed by atoms with van der Waals surface area (Å²) in [6.45, 7) is 0.439. The number of piperidine rings is 1. The minimum absolute atomic E-state index is 0.0768. The van der Waals surface area contributed by atoms with Crippen molar-refractivity contribution >= 4 is 23.5 Å². The molecule has 0 unspecified atom stereocenters. The van der Waals surface area contributed by atoms with Crippen molar-refractivity contribution in [3.05, 3.63) is 64.9 Å². The first-order valence-corrected chi connectivity index (χ1v) is 8.95. The molecule has 0 bridgehead atoms. The van der Waals surface area contributed by atoms with Gasteiger partial charge in [-0.2, -0.15) is 0 Å². The van der Waals surface area contributed by atoms with E-state index in [-0.39, 0.29) is 17.5 Å². The molecular formula is C20H19ClFNO4. The van der Waals surface area contributed by atoms with Crippen molar-refractivity contribution in [2.75, 3.05) is 19.7 Å². The first-order chi connectivity index (χ1) is 12.9. The molecule has 0 atom stereocenters. The van der Waals surface area contributed by atoms with Crippen molar-refractivity contribution in [3.8, 4) is 5.75 Å². The molecule has 142 valence electrons. The van der Waals surface area contributed by atoms with Crippen LogP contribution >= 0.6 is 11.6 Å². The van der Waals surface area contributed by atoms with Gasteiger partial charge in [0.25, 0.3) is 5.91 Å². The Morgan fingerprint density at radius 3 is 2.41 bits per heavy atom. The second kappa shape index (κ2) is 7.96. The molecule has 27 heavy (non-hydrogen) atoms. The van der Waals surface area contributed by atoms with Gasteiger partial charge in [-0.3, -0.25) is 9.59 Å². The SMILES string of the molecule is O=C(COc1ccc(F)c(Cl)c1)N1CCC(C(=O)O)(c2ccccc2)CC1. The van der Waals surface area contributed by atoms with Crippen LogP contribution in [0.3, 0.4) is 0 Å². The van der Waals surface area contributed by atoms with Crippen molar-refractivity contribution in [1.82, 2.24) is 4.90 Å². The third-order valence-electron chi connectivity index (χ3n) is 4.96. The average Bonchev–Trinajstić information content (AvgIpc) is 2.69. The molecule has 7 heteroatoms. The lowest BCUT2D eigenvalue weighted by atomic mass is 9.73. The van der Waals surface area contributed by atoms with E-state index in [0.29, 0.717) is 31.7 Å². The van der Waals surface area contributed by atoms with Gasteiger partial charge in [0.15, 0.2) is 6.61 Å². The van der Waals surface area contributed by atoms with E-state index in [9.17, 15) is 19.1 Å². The normalized spacial score (nSPS) is 16.0. The monoisotopic (exact) mass is 391 g/mol. The summed E-state index contributed by atoms with van der Waals surface area (Å²) in [7, 11) is 0. The fourth-order valence-corrected chi connectivity index (χ4v) is 3.49. The molecule has 0 aliphatic carbocycles. The van der Waals surface area contributed by atoms with Crippen LogP contribution in [-0.4, -0.2) is 41.6 Å². The number of carboxylic acids is 1. The molecule has 1 aliphatic rings. The molecule has 1 fully saturated rings. The summed E-state index contributed by atoms with van der Waals surface area (Å²) in [5.74, 6) is -1.38. The van der Waals surface area contributed by atoms with Gasteiger partial charge in [0.1, 0.15) is 11.6 Å². The molecular weight excluding hydrogens is 373 g/mol. The van der Waals surface area contributed by atoms with E-state index in [4.69, 9.17) is 16.3 Å². The van der Waals surface area contributed by atoms with Crippen molar-refractivity contribution in [3.63, 3.8) is 0 Å². The summed E-state index contributed by atoms with van der Waals surface area (Å²) in [6, 6.07) is 13.0. The predicted molar refractivity (Wildman–Crippen MR) is 98.5 cm³/mol. The van der Waals surface area contributed by atoms with Crippen LogP contribution in [0.5, 0.6) is 5.75 Å². The van der Waals surface area contributed by atoms with Crippen molar-refractivity contribution in [2.45, 2.75) is 18.3 Å². The van der Waals surface area contributed by atoms with Gasteiger partial charge in [0.2, 0.25) is 0 Å². The highest BCUT2D eigenvalue weighted by Crippen LogP contribution is 2.36. The number of amides is 1. The Morgan fingerprint density at radius 1 is 1.15 bits per heavy atom. The van der Waals surface area contributed by atoms with E-state index < -0.39 is 17.2 Å². The number of rotatable bonds is 5. The minimum Gasteiger partial charge on any atom is -0.484 e. The molecule has 0 saturated carbocycles. The van der Waals surface area contributed by atoms with Crippen molar-refractivity contribution in [2.24, 2.45) is 0 Å². The fourth-order valence-electron chi connectivity index (χ4n) is 3.32. The van der Waals surface area contributed by atoms with Gasteiger partial charge in [-0.15, -0.1) is 0 Å². The Bertz CT molecular complexity index is 835. The van der Waals surface area contributed by atoms with Crippen molar-refractivity contribution < 1.29 is 23.8 Å². The second-order valence-electron chi connectivity index (χ2n) is 6.50. The number of nitrogens with zero attached hydrogens (tertiary/aromatic N) is 1. The largest absolute Gasteiger partial charge is 0.484 e.